The number of ether oxygens (including phenoxy) is 1. The number of anilines is 1. The summed E-state index contributed by atoms with van der Waals surface area (Å²) in [7, 11) is 1.71. The molecule has 1 heterocycles. The summed E-state index contributed by atoms with van der Waals surface area (Å²) in [6.45, 7) is 7.93. The van der Waals surface area contributed by atoms with Gasteiger partial charge in [0.15, 0.2) is 0 Å². The average molecular weight is 426 g/mol. The van der Waals surface area contributed by atoms with E-state index >= 15 is 0 Å². The first kappa shape index (κ1) is 21.2. The number of benzene rings is 2. The van der Waals surface area contributed by atoms with Crippen molar-refractivity contribution in [3.05, 3.63) is 41.4 Å². The van der Waals surface area contributed by atoms with Gasteiger partial charge in [-0.2, -0.15) is 0 Å². The van der Waals surface area contributed by atoms with Crippen molar-refractivity contribution < 1.29 is 4.74 Å². The summed E-state index contributed by atoms with van der Waals surface area (Å²) in [6.07, 6.45) is 5.05. The molecule has 0 bridgehead atoms. The Hall–Kier alpha value is -2.04. The van der Waals surface area contributed by atoms with E-state index in [1.54, 1.807) is 7.11 Å². The first-order chi connectivity index (χ1) is 14.6. The van der Waals surface area contributed by atoms with Crippen LogP contribution in [0.5, 0.6) is 5.75 Å². The van der Waals surface area contributed by atoms with Crippen LogP contribution in [0.1, 0.15) is 39.5 Å². The Kier molecular flexibility index (Phi) is 6.64. The maximum absolute atomic E-state index is 6.28. The number of methoxy groups -OCH3 is 1. The second-order valence-corrected chi connectivity index (χ2v) is 8.73. The molecular weight excluding hydrogens is 394 g/mol. The lowest BCUT2D eigenvalue weighted by Crippen LogP contribution is -2.30. The zero-order valence-electron chi connectivity index (χ0n) is 18.2. The van der Waals surface area contributed by atoms with E-state index in [1.165, 1.54) is 32.2 Å². The molecule has 1 fully saturated rings. The minimum atomic E-state index is 0.483. The minimum absolute atomic E-state index is 0.483. The fraction of sp³-hybridized carbons (Fsp3) is 0.480. The van der Waals surface area contributed by atoms with Crippen molar-refractivity contribution >= 4 is 39.1 Å². The number of aromatic nitrogens is 1. The molecule has 0 amide bonds. The predicted octanol–water partition coefficient (Wildman–Crippen LogP) is 6.36. The van der Waals surface area contributed by atoms with Gasteiger partial charge >= 0.3 is 0 Å². The van der Waals surface area contributed by atoms with E-state index < -0.39 is 0 Å². The van der Waals surface area contributed by atoms with Crippen molar-refractivity contribution in [3.63, 3.8) is 0 Å². The Balaban J connectivity index is 1.70. The van der Waals surface area contributed by atoms with Gasteiger partial charge in [0.2, 0.25) is 0 Å². The van der Waals surface area contributed by atoms with Crippen molar-refractivity contribution in [2.24, 2.45) is 5.92 Å². The number of halogens is 1. The van der Waals surface area contributed by atoms with E-state index in [1.807, 2.05) is 24.3 Å². The van der Waals surface area contributed by atoms with Crippen LogP contribution < -0.4 is 10.1 Å². The molecule has 0 saturated heterocycles. The van der Waals surface area contributed by atoms with Gasteiger partial charge in [-0.3, -0.25) is 0 Å². The lowest BCUT2D eigenvalue weighted by molar-refractivity contribution is 0.272. The summed E-state index contributed by atoms with van der Waals surface area (Å²) in [4.78, 5) is 7.39. The van der Waals surface area contributed by atoms with E-state index in [0.29, 0.717) is 17.0 Å². The van der Waals surface area contributed by atoms with E-state index in [4.69, 9.17) is 21.3 Å². The highest BCUT2D eigenvalue weighted by molar-refractivity contribution is 6.31. The third-order valence-electron chi connectivity index (χ3n) is 6.64. The van der Waals surface area contributed by atoms with Crippen molar-refractivity contribution in [3.8, 4) is 5.75 Å². The molecule has 1 saturated carbocycles. The second-order valence-electron chi connectivity index (χ2n) is 8.29. The molecule has 0 aliphatic heterocycles. The summed E-state index contributed by atoms with van der Waals surface area (Å²) in [5.41, 5.74) is 3.05. The zero-order chi connectivity index (χ0) is 21.1. The summed E-state index contributed by atoms with van der Waals surface area (Å²) >= 11 is 6.28. The number of rotatable bonds is 8. The van der Waals surface area contributed by atoms with Gasteiger partial charge in [0.25, 0.3) is 0 Å². The quantitative estimate of drug-likeness (QED) is 0.426. The number of fused-ring (bicyclic) bond motifs is 2. The predicted molar refractivity (Wildman–Crippen MR) is 128 cm³/mol. The summed E-state index contributed by atoms with van der Waals surface area (Å²) in [5.74, 6) is 1.55. The van der Waals surface area contributed by atoms with Crippen molar-refractivity contribution in [2.75, 3.05) is 32.1 Å². The Morgan fingerprint density at radius 2 is 1.90 bits per heavy atom. The molecule has 2 atom stereocenters. The SMILES string of the molecule is CCN(CC)CCC1CCCC1Nc1c2ccc(Cl)cc2nc2ccc(OC)cc12. The van der Waals surface area contributed by atoms with Gasteiger partial charge in [0, 0.05) is 21.8 Å². The number of hydrogen-bond donors (Lipinski definition) is 1. The highest BCUT2D eigenvalue weighted by atomic mass is 35.5. The highest BCUT2D eigenvalue weighted by Gasteiger charge is 2.28. The number of nitrogens with one attached hydrogen (secondary N) is 1. The van der Waals surface area contributed by atoms with Crippen LogP contribution in [0.15, 0.2) is 36.4 Å². The number of nitrogens with zero attached hydrogens (tertiary/aromatic N) is 2. The van der Waals surface area contributed by atoms with Crippen molar-refractivity contribution in [1.82, 2.24) is 9.88 Å². The van der Waals surface area contributed by atoms with Crippen molar-refractivity contribution in [2.45, 2.75) is 45.6 Å². The Bertz CT molecular complexity index is 1020. The molecule has 1 N–H and O–H groups in total. The van der Waals surface area contributed by atoms with E-state index in [-0.39, 0.29) is 0 Å². The van der Waals surface area contributed by atoms with Gasteiger partial charge in [0.1, 0.15) is 5.75 Å². The van der Waals surface area contributed by atoms with Crippen LogP contribution in [0.25, 0.3) is 21.8 Å². The van der Waals surface area contributed by atoms with Gasteiger partial charge in [-0.05, 0) is 81.2 Å². The zero-order valence-corrected chi connectivity index (χ0v) is 19.0. The largest absolute Gasteiger partial charge is 0.497 e. The lowest BCUT2D eigenvalue weighted by atomic mass is 9.97. The fourth-order valence-electron chi connectivity index (χ4n) is 4.82. The second kappa shape index (κ2) is 9.40. The molecule has 30 heavy (non-hydrogen) atoms. The van der Waals surface area contributed by atoms with E-state index in [0.717, 1.165) is 46.3 Å². The number of pyridine rings is 1. The van der Waals surface area contributed by atoms with Gasteiger partial charge in [-0.15, -0.1) is 0 Å². The molecule has 5 heteroatoms. The van der Waals surface area contributed by atoms with Crippen molar-refractivity contribution in [1.29, 1.82) is 0 Å². The minimum Gasteiger partial charge on any atom is -0.497 e. The maximum Gasteiger partial charge on any atom is 0.119 e. The van der Waals surface area contributed by atoms with Crippen LogP contribution in [0.4, 0.5) is 5.69 Å². The Labute approximate surface area is 184 Å². The molecule has 1 aliphatic carbocycles. The molecule has 2 unspecified atom stereocenters. The van der Waals surface area contributed by atoms with E-state index in [9.17, 15) is 0 Å². The average Bonchev–Trinajstić information content (AvgIpc) is 3.20. The molecule has 4 rings (SSSR count). The van der Waals surface area contributed by atoms with Crippen LogP contribution >= 0.6 is 11.6 Å². The summed E-state index contributed by atoms with van der Waals surface area (Å²) in [5, 5.41) is 6.89. The van der Waals surface area contributed by atoms with Gasteiger partial charge in [-0.1, -0.05) is 31.9 Å². The topological polar surface area (TPSA) is 37.4 Å². The fourth-order valence-corrected chi connectivity index (χ4v) is 4.99. The summed E-state index contributed by atoms with van der Waals surface area (Å²) < 4.78 is 5.51. The monoisotopic (exact) mass is 425 g/mol. The third kappa shape index (κ3) is 4.35. The molecule has 1 aliphatic rings. The summed E-state index contributed by atoms with van der Waals surface area (Å²) in [6, 6.07) is 12.6. The van der Waals surface area contributed by atoms with Crippen LogP contribution in [0, 0.1) is 5.92 Å². The smallest absolute Gasteiger partial charge is 0.119 e. The first-order valence-electron chi connectivity index (χ1n) is 11.2. The van der Waals surface area contributed by atoms with Crippen LogP contribution in [0.3, 0.4) is 0 Å². The molecular formula is C25H32ClN3O. The standard InChI is InChI=1S/C25H32ClN3O/c1-4-29(5-2)14-13-17-7-6-8-22(17)28-25-20-11-9-18(26)15-24(20)27-23-12-10-19(30-3)16-21(23)25/h9-12,15-17,22H,4-8,13-14H2,1-3H3,(H,27,28). The Morgan fingerprint density at radius 1 is 1.07 bits per heavy atom. The number of hydrogen-bond acceptors (Lipinski definition) is 4. The maximum atomic E-state index is 6.28. The van der Waals surface area contributed by atoms with Gasteiger partial charge < -0.3 is 15.0 Å². The van der Waals surface area contributed by atoms with Gasteiger partial charge in [-0.25, -0.2) is 4.98 Å². The van der Waals surface area contributed by atoms with Crippen LogP contribution in [-0.4, -0.2) is 42.7 Å². The molecule has 1 aromatic heterocycles. The molecule has 4 nitrogen and oxygen atoms in total. The van der Waals surface area contributed by atoms with Crippen LogP contribution in [-0.2, 0) is 0 Å². The first-order valence-corrected chi connectivity index (χ1v) is 11.6. The lowest BCUT2D eigenvalue weighted by Gasteiger charge is -2.26. The molecule has 160 valence electrons. The molecule has 0 radical (unpaired) electrons. The van der Waals surface area contributed by atoms with Gasteiger partial charge in [0.05, 0.1) is 23.8 Å². The third-order valence-corrected chi connectivity index (χ3v) is 6.88. The Morgan fingerprint density at radius 3 is 2.67 bits per heavy atom. The van der Waals surface area contributed by atoms with Crippen LogP contribution in [0.2, 0.25) is 5.02 Å². The molecule has 2 aromatic carbocycles. The molecule has 3 aromatic rings. The highest BCUT2D eigenvalue weighted by Crippen LogP contribution is 2.38. The van der Waals surface area contributed by atoms with E-state index in [2.05, 4.69) is 36.2 Å². The normalized spacial score (nSPS) is 19.1. The molecule has 0 spiro atoms.